The lowest BCUT2D eigenvalue weighted by atomic mass is 9.86. The Bertz CT molecular complexity index is 940. The number of nitriles is 1. The van der Waals surface area contributed by atoms with Gasteiger partial charge in [-0.1, -0.05) is 18.2 Å². The summed E-state index contributed by atoms with van der Waals surface area (Å²) in [4.78, 5) is 14.0. The van der Waals surface area contributed by atoms with Crippen molar-refractivity contribution >= 4 is 35.6 Å². The van der Waals surface area contributed by atoms with Crippen LogP contribution in [0.3, 0.4) is 0 Å². The van der Waals surface area contributed by atoms with Crippen LogP contribution in [0.5, 0.6) is 5.75 Å². The van der Waals surface area contributed by atoms with E-state index in [2.05, 4.69) is 29.3 Å². The molecular formula is C19H17N3O2S2. The second kappa shape index (κ2) is 7.68. The second-order valence-corrected chi connectivity index (χ2v) is 7.07. The normalized spacial score (nSPS) is 16.8. The molecule has 5 nitrogen and oxygen atoms in total. The maximum atomic E-state index is 13.1. The number of ether oxygens (including phenoxy) is 1. The third kappa shape index (κ3) is 3.34. The van der Waals surface area contributed by atoms with Crippen molar-refractivity contribution in [3.8, 4) is 11.8 Å². The van der Waals surface area contributed by atoms with Gasteiger partial charge in [0, 0.05) is 16.1 Å². The summed E-state index contributed by atoms with van der Waals surface area (Å²) in [6.45, 7) is 1.81. The number of hydrogen-bond acceptors (Lipinski definition) is 6. The average molecular weight is 383 g/mol. The molecule has 1 amide bonds. The van der Waals surface area contributed by atoms with Gasteiger partial charge in [0.1, 0.15) is 5.75 Å². The maximum absolute atomic E-state index is 13.1. The highest BCUT2D eigenvalue weighted by atomic mass is 32.1. The lowest BCUT2D eigenvalue weighted by molar-refractivity contribution is -0.113. The van der Waals surface area contributed by atoms with E-state index in [1.165, 1.54) is 11.3 Å². The first-order chi connectivity index (χ1) is 12.6. The van der Waals surface area contributed by atoms with Crippen molar-refractivity contribution in [1.29, 1.82) is 5.26 Å². The summed E-state index contributed by atoms with van der Waals surface area (Å²) in [7, 11) is 1.55. The van der Waals surface area contributed by atoms with Crippen LogP contribution in [-0.2, 0) is 4.79 Å². The smallest absolute Gasteiger partial charge is 0.254 e. The van der Waals surface area contributed by atoms with E-state index in [4.69, 9.17) is 4.74 Å². The summed E-state index contributed by atoms with van der Waals surface area (Å²) in [5.74, 6) is -0.170. The van der Waals surface area contributed by atoms with Gasteiger partial charge in [0.15, 0.2) is 0 Å². The maximum Gasteiger partial charge on any atom is 0.254 e. The number of nitrogens with one attached hydrogen (secondary N) is 2. The first-order valence-electron chi connectivity index (χ1n) is 7.85. The van der Waals surface area contributed by atoms with Crippen LogP contribution in [0, 0.1) is 11.3 Å². The van der Waals surface area contributed by atoms with Gasteiger partial charge in [-0.3, -0.25) is 4.79 Å². The molecular weight excluding hydrogens is 366 g/mol. The van der Waals surface area contributed by atoms with Crippen LogP contribution in [0.4, 0.5) is 5.69 Å². The molecule has 0 saturated carbocycles. The van der Waals surface area contributed by atoms with E-state index in [0.717, 1.165) is 4.88 Å². The number of thiol groups is 1. The fourth-order valence-electron chi connectivity index (χ4n) is 2.91. The summed E-state index contributed by atoms with van der Waals surface area (Å²) in [5.41, 5.74) is 2.16. The van der Waals surface area contributed by atoms with Gasteiger partial charge in [-0.15, -0.1) is 24.0 Å². The minimum atomic E-state index is -0.455. The summed E-state index contributed by atoms with van der Waals surface area (Å²) < 4.78 is 5.30. The molecule has 1 aliphatic heterocycles. The lowest BCUT2D eigenvalue weighted by Gasteiger charge is -2.27. The van der Waals surface area contributed by atoms with Crippen molar-refractivity contribution in [2.75, 3.05) is 12.4 Å². The number of benzene rings is 1. The van der Waals surface area contributed by atoms with E-state index in [1.807, 2.05) is 36.6 Å². The van der Waals surface area contributed by atoms with Gasteiger partial charge in [-0.2, -0.15) is 5.26 Å². The largest absolute Gasteiger partial charge is 0.495 e. The average Bonchev–Trinajstić information content (AvgIpc) is 3.15. The van der Waals surface area contributed by atoms with Gasteiger partial charge in [-0.05, 0) is 30.5 Å². The number of methoxy groups -OCH3 is 1. The molecule has 1 aliphatic rings. The molecule has 0 radical (unpaired) electrons. The van der Waals surface area contributed by atoms with Crippen LogP contribution in [0.15, 0.2) is 63.7 Å². The summed E-state index contributed by atoms with van der Waals surface area (Å²) >= 11 is 5.89. The van der Waals surface area contributed by atoms with Gasteiger partial charge >= 0.3 is 0 Å². The summed E-state index contributed by atoms with van der Waals surface area (Å²) in [6.07, 6.45) is 0. The predicted octanol–water partition coefficient (Wildman–Crippen LogP) is 4.02. The minimum Gasteiger partial charge on any atom is -0.495 e. The van der Waals surface area contributed by atoms with E-state index >= 15 is 0 Å². The molecule has 26 heavy (non-hydrogen) atoms. The number of dihydropyridines is 1. The first-order valence-corrected chi connectivity index (χ1v) is 9.18. The molecule has 2 N–H and O–H groups in total. The molecule has 0 unspecified atom stereocenters. The number of carbonyl (C=O) groups excluding carboxylic acids is 1. The molecule has 1 atom stereocenters. The molecule has 7 heteroatoms. The minimum absolute atomic E-state index is 0.286. The molecule has 0 fully saturated rings. The Hall–Kier alpha value is -2.69. The fourth-order valence-corrected chi connectivity index (χ4v) is 4.10. The standard InChI is InChI=1S/C19H17N3O2S2/c1-11-16(18(23)22-13-6-3-4-7-14(13)24-2)17(15-8-5-9-26-15)12(10-20)19(25)21-11/h3-9,17,21,25H,1-2H3,(H,22,23)/t17-/m0/s1. The van der Waals surface area contributed by atoms with Crippen LogP contribution in [-0.4, -0.2) is 13.0 Å². The van der Waals surface area contributed by atoms with Gasteiger partial charge in [0.25, 0.3) is 5.91 Å². The van der Waals surface area contributed by atoms with Gasteiger partial charge in [0.2, 0.25) is 0 Å². The first kappa shape index (κ1) is 18.1. The van der Waals surface area contributed by atoms with Crippen molar-refractivity contribution in [3.63, 3.8) is 0 Å². The fraction of sp³-hybridized carbons (Fsp3) is 0.158. The highest BCUT2D eigenvalue weighted by Gasteiger charge is 2.34. The Kier molecular flexibility index (Phi) is 5.35. The zero-order valence-electron chi connectivity index (χ0n) is 14.2. The lowest BCUT2D eigenvalue weighted by Crippen LogP contribution is -2.29. The number of hydrogen-bond donors (Lipinski definition) is 3. The van der Waals surface area contributed by atoms with E-state index in [1.54, 1.807) is 19.2 Å². The third-order valence-electron chi connectivity index (χ3n) is 4.09. The molecule has 132 valence electrons. The van der Waals surface area contributed by atoms with Crippen molar-refractivity contribution < 1.29 is 9.53 Å². The number of para-hydroxylation sites is 2. The molecule has 0 saturated heterocycles. The van der Waals surface area contributed by atoms with Gasteiger partial charge in [0.05, 0.1) is 35.4 Å². The van der Waals surface area contributed by atoms with Crippen LogP contribution in [0.25, 0.3) is 0 Å². The number of anilines is 1. The van der Waals surface area contributed by atoms with Crippen LogP contribution >= 0.6 is 24.0 Å². The monoisotopic (exact) mass is 383 g/mol. The zero-order valence-corrected chi connectivity index (χ0v) is 15.9. The molecule has 2 heterocycles. The van der Waals surface area contributed by atoms with E-state index in [-0.39, 0.29) is 5.91 Å². The second-order valence-electron chi connectivity index (χ2n) is 5.64. The molecule has 2 aromatic rings. The zero-order chi connectivity index (χ0) is 18.7. The van der Waals surface area contributed by atoms with Gasteiger partial charge < -0.3 is 15.4 Å². The molecule has 1 aromatic carbocycles. The number of nitrogens with zero attached hydrogens (tertiary/aromatic N) is 1. The van der Waals surface area contributed by atoms with E-state index < -0.39 is 5.92 Å². The molecule has 0 aliphatic carbocycles. The number of allylic oxidation sites excluding steroid dienone is 2. The van der Waals surface area contributed by atoms with Crippen molar-refractivity contribution in [1.82, 2.24) is 5.32 Å². The summed E-state index contributed by atoms with van der Waals surface area (Å²) in [5, 5.41) is 17.9. The van der Waals surface area contributed by atoms with Crippen molar-refractivity contribution in [3.05, 3.63) is 68.5 Å². The van der Waals surface area contributed by atoms with Gasteiger partial charge in [-0.25, -0.2) is 0 Å². The van der Waals surface area contributed by atoms with Crippen LogP contribution in [0.1, 0.15) is 17.7 Å². The summed E-state index contributed by atoms with van der Waals surface area (Å²) in [6, 6.07) is 13.2. The number of amides is 1. The topological polar surface area (TPSA) is 74.2 Å². The SMILES string of the molecule is COc1ccccc1NC(=O)C1=C(C)NC(S)=C(C#N)[C@H]1c1cccs1. The predicted molar refractivity (Wildman–Crippen MR) is 106 cm³/mol. The van der Waals surface area contributed by atoms with Crippen LogP contribution < -0.4 is 15.4 Å². The van der Waals surface area contributed by atoms with E-state index in [9.17, 15) is 10.1 Å². The highest BCUT2D eigenvalue weighted by molar-refractivity contribution is 7.84. The Morgan fingerprint density at radius 1 is 1.35 bits per heavy atom. The number of rotatable bonds is 4. The van der Waals surface area contributed by atoms with E-state index in [0.29, 0.717) is 33.3 Å². The van der Waals surface area contributed by atoms with Crippen molar-refractivity contribution in [2.45, 2.75) is 12.8 Å². The van der Waals surface area contributed by atoms with Crippen molar-refractivity contribution in [2.24, 2.45) is 0 Å². The molecule has 1 aromatic heterocycles. The molecule has 0 bridgehead atoms. The highest BCUT2D eigenvalue weighted by Crippen LogP contribution is 2.41. The quantitative estimate of drug-likeness (QED) is 0.697. The Morgan fingerprint density at radius 2 is 2.12 bits per heavy atom. The number of thiophene rings is 1. The molecule has 3 rings (SSSR count). The van der Waals surface area contributed by atoms with Crippen LogP contribution in [0.2, 0.25) is 0 Å². The Morgan fingerprint density at radius 3 is 2.77 bits per heavy atom. The third-order valence-corrected chi connectivity index (χ3v) is 5.38. The number of carbonyl (C=O) groups is 1. The Balaban J connectivity index is 2.02. The molecule has 0 spiro atoms. The Labute approximate surface area is 161 Å².